The lowest BCUT2D eigenvalue weighted by Gasteiger charge is -2.26. The van der Waals surface area contributed by atoms with Gasteiger partial charge < -0.3 is 9.64 Å². The third-order valence-corrected chi connectivity index (χ3v) is 5.87. The summed E-state index contributed by atoms with van der Waals surface area (Å²) in [4.78, 5) is 11.0. The average Bonchev–Trinajstić information content (AvgIpc) is 3.28. The van der Waals surface area contributed by atoms with Crippen LogP contribution >= 0.6 is 0 Å². The summed E-state index contributed by atoms with van der Waals surface area (Å²) in [5.41, 5.74) is 4.03. The second-order valence-electron chi connectivity index (χ2n) is 7.65. The van der Waals surface area contributed by atoms with E-state index in [1.165, 1.54) is 11.6 Å². The van der Waals surface area contributed by atoms with E-state index in [9.17, 15) is 8.78 Å². The van der Waals surface area contributed by atoms with Crippen molar-refractivity contribution in [1.29, 1.82) is 0 Å². The highest BCUT2D eigenvalue weighted by molar-refractivity contribution is 5.67. The molecule has 1 saturated heterocycles. The first kappa shape index (κ1) is 19.0. The number of nitrogens with zero attached hydrogens (tertiary/aromatic N) is 3. The predicted octanol–water partition coefficient (Wildman–Crippen LogP) is 4.34. The van der Waals surface area contributed by atoms with E-state index in [-0.39, 0.29) is 17.7 Å². The monoisotopic (exact) mass is 385 g/mol. The second kappa shape index (κ2) is 7.95. The molecule has 3 atom stereocenters. The summed E-state index contributed by atoms with van der Waals surface area (Å²) >= 11 is 0. The summed E-state index contributed by atoms with van der Waals surface area (Å²) < 4.78 is 32.7. The van der Waals surface area contributed by atoms with Crippen LogP contribution in [0.4, 0.5) is 8.78 Å². The molecule has 1 aliphatic carbocycles. The first-order valence-corrected chi connectivity index (χ1v) is 9.78. The van der Waals surface area contributed by atoms with E-state index in [0.717, 1.165) is 36.3 Å². The molecular formula is C22H25F2N3O. The number of rotatable bonds is 6. The standard InChI is InChI=1S/C22H25F2N3O/c1-14(21-22(28-2)26-8-7-25-21)20-15(5-9-27-10-6-18(24)13-27)11-16-12-17(23)3-4-19(16)20/h3-4,7-8,11-12,14,18,20H,5-6,9-10,13H2,1-2H3. The van der Waals surface area contributed by atoms with Gasteiger partial charge >= 0.3 is 0 Å². The van der Waals surface area contributed by atoms with Gasteiger partial charge in [0.1, 0.15) is 17.7 Å². The Hall–Kier alpha value is -2.34. The summed E-state index contributed by atoms with van der Waals surface area (Å²) in [7, 11) is 1.59. The van der Waals surface area contributed by atoms with Gasteiger partial charge in [-0.3, -0.25) is 4.98 Å². The highest BCUT2D eigenvalue weighted by Crippen LogP contribution is 2.47. The van der Waals surface area contributed by atoms with E-state index in [1.54, 1.807) is 25.6 Å². The van der Waals surface area contributed by atoms with Crippen molar-refractivity contribution < 1.29 is 13.5 Å². The Morgan fingerprint density at radius 2 is 2.11 bits per heavy atom. The maximum absolute atomic E-state index is 13.8. The summed E-state index contributed by atoms with van der Waals surface area (Å²) in [6.45, 7) is 4.22. The highest BCUT2D eigenvalue weighted by atomic mass is 19.1. The van der Waals surface area contributed by atoms with Gasteiger partial charge in [0.15, 0.2) is 0 Å². The normalized spacial score (nSPS) is 22.8. The van der Waals surface area contributed by atoms with E-state index < -0.39 is 6.17 Å². The molecule has 1 aliphatic heterocycles. The predicted molar refractivity (Wildman–Crippen MR) is 105 cm³/mol. The molecule has 2 aromatic rings. The Morgan fingerprint density at radius 3 is 2.86 bits per heavy atom. The first-order valence-electron chi connectivity index (χ1n) is 9.78. The molecule has 2 aliphatic rings. The molecule has 0 N–H and O–H groups in total. The number of alkyl halides is 1. The van der Waals surface area contributed by atoms with Gasteiger partial charge in [-0.15, -0.1) is 0 Å². The zero-order chi connectivity index (χ0) is 19.7. The molecular weight excluding hydrogens is 360 g/mol. The van der Waals surface area contributed by atoms with Crippen LogP contribution in [0.25, 0.3) is 6.08 Å². The van der Waals surface area contributed by atoms with Crippen molar-refractivity contribution in [3.05, 3.63) is 58.8 Å². The lowest BCUT2D eigenvalue weighted by atomic mass is 9.81. The molecule has 1 aromatic heterocycles. The number of hydrogen-bond donors (Lipinski definition) is 0. The summed E-state index contributed by atoms with van der Waals surface area (Å²) in [5.74, 6) is 0.378. The topological polar surface area (TPSA) is 38.3 Å². The Kier molecular flexibility index (Phi) is 5.40. The van der Waals surface area contributed by atoms with Crippen molar-refractivity contribution in [1.82, 2.24) is 14.9 Å². The van der Waals surface area contributed by atoms with Crippen LogP contribution in [0.2, 0.25) is 0 Å². The van der Waals surface area contributed by atoms with Gasteiger partial charge in [0.2, 0.25) is 5.88 Å². The molecule has 0 radical (unpaired) electrons. The smallest absolute Gasteiger partial charge is 0.235 e. The Bertz CT molecular complexity index is 886. The number of likely N-dealkylation sites (tertiary alicyclic amines) is 1. The minimum absolute atomic E-state index is 0.0223. The molecule has 4 rings (SSSR count). The van der Waals surface area contributed by atoms with Crippen molar-refractivity contribution in [2.24, 2.45) is 0 Å². The Labute approximate surface area is 164 Å². The van der Waals surface area contributed by atoms with Crippen LogP contribution in [0.3, 0.4) is 0 Å². The molecule has 3 unspecified atom stereocenters. The summed E-state index contributed by atoms with van der Waals surface area (Å²) in [5, 5.41) is 0. The van der Waals surface area contributed by atoms with Crippen LogP contribution in [0.15, 0.2) is 36.2 Å². The van der Waals surface area contributed by atoms with Gasteiger partial charge in [-0.05, 0) is 36.1 Å². The number of benzene rings is 1. The molecule has 28 heavy (non-hydrogen) atoms. The van der Waals surface area contributed by atoms with Crippen molar-refractivity contribution in [3.8, 4) is 5.88 Å². The number of halogens is 2. The Balaban J connectivity index is 1.63. The first-order chi connectivity index (χ1) is 13.6. The fourth-order valence-electron chi connectivity index (χ4n) is 4.50. The Morgan fingerprint density at radius 1 is 1.29 bits per heavy atom. The lowest BCUT2D eigenvalue weighted by molar-refractivity contribution is 0.289. The second-order valence-corrected chi connectivity index (χ2v) is 7.65. The largest absolute Gasteiger partial charge is 0.480 e. The van der Waals surface area contributed by atoms with E-state index in [1.807, 2.05) is 6.07 Å². The van der Waals surface area contributed by atoms with E-state index >= 15 is 0 Å². The van der Waals surface area contributed by atoms with Crippen molar-refractivity contribution in [2.45, 2.75) is 37.8 Å². The average molecular weight is 385 g/mol. The third kappa shape index (κ3) is 3.65. The van der Waals surface area contributed by atoms with Crippen LogP contribution < -0.4 is 4.74 Å². The number of hydrogen-bond acceptors (Lipinski definition) is 4. The third-order valence-electron chi connectivity index (χ3n) is 5.87. The number of aromatic nitrogens is 2. The van der Waals surface area contributed by atoms with Gasteiger partial charge in [0, 0.05) is 43.9 Å². The molecule has 2 heterocycles. The van der Waals surface area contributed by atoms with Gasteiger partial charge in [0.25, 0.3) is 0 Å². The molecule has 0 saturated carbocycles. The van der Waals surface area contributed by atoms with Gasteiger partial charge in [-0.25, -0.2) is 13.8 Å². The fourth-order valence-corrected chi connectivity index (χ4v) is 4.50. The maximum atomic E-state index is 13.8. The molecule has 0 bridgehead atoms. The molecule has 148 valence electrons. The van der Waals surface area contributed by atoms with Crippen LogP contribution in [-0.4, -0.2) is 47.8 Å². The lowest BCUT2D eigenvalue weighted by Crippen LogP contribution is -2.23. The number of methoxy groups -OCH3 is 1. The molecule has 0 amide bonds. The molecule has 4 nitrogen and oxygen atoms in total. The van der Waals surface area contributed by atoms with E-state index in [2.05, 4.69) is 27.9 Å². The van der Waals surface area contributed by atoms with Gasteiger partial charge in [-0.1, -0.05) is 24.6 Å². The summed E-state index contributed by atoms with van der Waals surface area (Å²) in [6.07, 6.45) is 6.09. The zero-order valence-corrected chi connectivity index (χ0v) is 16.2. The quantitative estimate of drug-likeness (QED) is 0.741. The number of ether oxygens (including phenoxy) is 1. The molecule has 1 fully saturated rings. The molecule has 6 heteroatoms. The van der Waals surface area contributed by atoms with Crippen LogP contribution in [0, 0.1) is 5.82 Å². The van der Waals surface area contributed by atoms with Crippen LogP contribution in [-0.2, 0) is 0 Å². The fraction of sp³-hybridized carbons (Fsp3) is 0.455. The van der Waals surface area contributed by atoms with Gasteiger partial charge in [-0.2, -0.15) is 0 Å². The van der Waals surface area contributed by atoms with Crippen LogP contribution in [0.1, 0.15) is 48.4 Å². The van der Waals surface area contributed by atoms with Crippen molar-refractivity contribution in [3.63, 3.8) is 0 Å². The zero-order valence-electron chi connectivity index (χ0n) is 16.2. The minimum atomic E-state index is -0.720. The van der Waals surface area contributed by atoms with E-state index in [0.29, 0.717) is 18.8 Å². The SMILES string of the molecule is COc1nccnc1C(C)C1C(CCN2CCC(F)C2)=Cc2cc(F)ccc21. The van der Waals surface area contributed by atoms with Crippen molar-refractivity contribution >= 4 is 6.08 Å². The molecule has 0 spiro atoms. The highest BCUT2D eigenvalue weighted by Gasteiger charge is 2.34. The minimum Gasteiger partial charge on any atom is -0.480 e. The number of fused-ring (bicyclic) bond motifs is 1. The van der Waals surface area contributed by atoms with Gasteiger partial charge in [0.05, 0.1) is 7.11 Å². The maximum Gasteiger partial charge on any atom is 0.235 e. The summed E-state index contributed by atoms with van der Waals surface area (Å²) in [6, 6.07) is 4.96. The van der Waals surface area contributed by atoms with Crippen molar-refractivity contribution in [2.75, 3.05) is 26.7 Å². The van der Waals surface area contributed by atoms with Crippen LogP contribution in [0.5, 0.6) is 5.88 Å². The molecule has 1 aromatic carbocycles. The van der Waals surface area contributed by atoms with E-state index in [4.69, 9.17) is 4.74 Å².